The Hall–Kier alpha value is -3.20. The van der Waals surface area contributed by atoms with Crippen molar-refractivity contribution >= 4 is 46.2 Å². The summed E-state index contributed by atoms with van der Waals surface area (Å²) in [5.41, 5.74) is -0.393. The van der Waals surface area contributed by atoms with Gasteiger partial charge in [0, 0.05) is 17.6 Å². The lowest BCUT2D eigenvalue weighted by Crippen LogP contribution is -2.34. The van der Waals surface area contributed by atoms with E-state index in [4.69, 9.17) is 21.1 Å². The highest BCUT2D eigenvalue weighted by Crippen LogP contribution is 2.30. The summed E-state index contributed by atoms with van der Waals surface area (Å²) in [5.74, 6) is 0.244. The molecule has 0 spiro atoms. The van der Waals surface area contributed by atoms with Gasteiger partial charge in [0.15, 0.2) is 0 Å². The van der Waals surface area contributed by atoms with E-state index in [2.05, 4.69) is 15.1 Å². The van der Waals surface area contributed by atoms with Crippen LogP contribution in [0.3, 0.4) is 0 Å². The van der Waals surface area contributed by atoms with Crippen LogP contribution in [-0.4, -0.2) is 43.1 Å². The lowest BCUT2D eigenvalue weighted by Gasteiger charge is -2.26. The molecule has 1 aromatic carbocycles. The number of fused-ring (bicyclic) bond motifs is 1. The monoisotopic (exact) mass is 445 g/mol. The topological polar surface area (TPSA) is 99.4 Å². The third kappa shape index (κ3) is 5.49. The van der Waals surface area contributed by atoms with Crippen LogP contribution in [0.15, 0.2) is 36.7 Å². The summed E-state index contributed by atoms with van der Waals surface area (Å²) in [5, 5.41) is 4.74. The standard InChI is InChI=1S/C21H24ClN5O4/c1-20(2,3)30-18(28)26(16-9-10-23-17(22)25-16)14-7-8-15-13(11-14)12-24-27(15)19(29)31-21(4,5)6/h7-12H,1-6H3. The number of rotatable bonds is 2. The van der Waals surface area contributed by atoms with E-state index >= 15 is 0 Å². The molecule has 0 N–H and O–H groups in total. The summed E-state index contributed by atoms with van der Waals surface area (Å²) in [7, 11) is 0. The molecule has 0 unspecified atom stereocenters. The number of hydrogen-bond donors (Lipinski definition) is 0. The van der Waals surface area contributed by atoms with Gasteiger partial charge in [-0.15, -0.1) is 0 Å². The molecule has 3 aromatic rings. The van der Waals surface area contributed by atoms with Crippen LogP contribution in [-0.2, 0) is 9.47 Å². The fourth-order valence-electron chi connectivity index (χ4n) is 2.70. The number of hydrogen-bond acceptors (Lipinski definition) is 7. The summed E-state index contributed by atoms with van der Waals surface area (Å²) >= 11 is 5.93. The summed E-state index contributed by atoms with van der Waals surface area (Å²) < 4.78 is 12.1. The van der Waals surface area contributed by atoms with E-state index in [1.807, 2.05) is 0 Å². The predicted octanol–water partition coefficient (Wildman–Crippen LogP) is 5.34. The molecule has 2 aromatic heterocycles. The maximum atomic E-state index is 13.0. The van der Waals surface area contributed by atoms with Gasteiger partial charge < -0.3 is 9.47 Å². The van der Waals surface area contributed by atoms with Crippen LogP contribution < -0.4 is 4.90 Å². The maximum Gasteiger partial charge on any atom is 0.435 e. The number of amides is 1. The molecule has 0 aliphatic carbocycles. The average molecular weight is 446 g/mol. The Balaban J connectivity index is 2.04. The molecule has 0 aliphatic heterocycles. The average Bonchev–Trinajstić information content (AvgIpc) is 3.02. The van der Waals surface area contributed by atoms with Crippen molar-refractivity contribution in [2.75, 3.05) is 4.90 Å². The molecule has 0 atom stereocenters. The number of carbonyl (C=O) groups is 2. The van der Waals surface area contributed by atoms with Crippen molar-refractivity contribution in [2.24, 2.45) is 0 Å². The van der Waals surface area contributed by atoms with Gasteiger partial charge >= 0.3 is 12.2 Å². The van der Waals surface area contributed by atoms with Gasteiger partial charge in [-0.25, -0.2) is 19.5 Å². The highest BCUT2D eigenvalue weighted by molar-refractivity contribution is 6.28. The minimum atomic E-state index is -0.724. The lowest BCUT2D eigenvalue weighted by atomic mass is 10.2. The van der Waals surface area contributed by atoms with Gasteiger partial charge in [0.1, 0.15) is 17.0 Å². The van der Waals surface area contributed by atoms with E-state index in [0.29, 0.717) is 16.6 Å². The largest absolute Gasteiger partial charge is 0.443 e. The summed E-state index contributed by atoms with van der Waals surface area (Å²) in [6, 6.07) is 6.57. The van der Waals surface area contributed by atoms with Crippen LogP contribution in [0.25, 0.3) is 10.9 Å². The van der Waals surface area contributed by atoms with Crippen molar-refractivity contribution in [3.63, 3.8) is 0 Å². The molecule has 2 heterocycles. The molecule has 0 saturated carbocycles. The quantitative estimate of drug-likeness (QED) is 0.491. The van der Waals surface area contributed by atoms with Crippen molar-refractivity contribution in [3.05, 3.63) is 41.9 Å². The molecule has 0 bridgehead atoms. The number of halogens is 1. The minimum Gasteiger partial charge on any atom is -0.443 e. The SMILES string of the molecule is CC(C)(C)OC(=O)N(c1ccc2c(cnn2C(=O)OC(C)(C)C)c1)c1ccnc(Cl)n1. The van der Waals surface area contributed by atoms with Crippen molar-refractivity contribution in [3.8, 4) is 0 Å². The number of benzene rings is 1. The Morgan fingerprint density at radius 2 is 1.71 bits per heavy atom. The highest BCUT2D eigenvalue weighted by atomic mass is 35.5. The Morgan fingerprint density at radius 1 is 1.03 bits per heavy atom. The van der Waals surface area contributed by atoms with Crippen molar-refractivity contribution in [2.45, 2.75) is 52.7 Å². The number of anilines is 2. The van der Waals surface area contributed by atoms with Gasteiger partial charge in [0.05, 0.1) is 17.4 Å². The number of carbonyl (C=O) groups excluding carboxylic acids is 2. The van der Waals surface area contributed by atoms with E-state index in [1.54, 1.807) is 65.8 Å². The molecule has 164 valence electrons. The second-order valence-corrected chi connectivity index (χ2v) is 9.12. The smallest absolute Gasteiger partial charge is 0.435 e. The zero-order chi connectivity index (χ0) is 23.0. The molecule has 31 heavy (non-hydrogen) atoms. The number of ether oxygens (including phenoxy) is 2. The first-order valence-electron chi connectivity index (χ1n) is 9.57. The second kappa shape index (κ2) is 8.14. The van der Waals surface area contributed by atoms with Crippen LogP contribution >= 0.6 is 11.6 Å². The number of nitrogens with zero attached hydrogens (tertiary/aromatic N) is 5. The van der Waals surface area contributed by atoms with Gasteiger partial charge in [0.2, 0.25) is 5.28 Å². The molecule has 3 rings (SSSR count). The van der Waals surface area contributed by atoms with Crippen LogP contribution in [0, 0.1) is 0 Å². The number of aromatic nitrogens is 4. The van der Waals surface area contributed by atoms with Gasteiger partial charge in [-0.3, -0.25) is 0 Å². The van der Waals surface area contributed by atoms with E-state index < -0.39 is 23.4 Å². The Bertz CT molecular complexity index is 1130. The molecule has 0 saturated heterocycles. The zero-order valence-electron chi connectivity index (χ0n) is 18.2. The summed E-state index contributed by atoms with van der Waals surface area (Å²) in [6.07, 6.45) is 1.73. The molecular formula is C21H24ClN5O4. The van der Waals surface area contributed by atoms with Crippen LogP contribution in [0.1, 0.15) is 41.5 Å². The molecule has 1 amide bonds. The third-order valence-corrected chi connectivity index (χ3v) is 3.97. The van der Waals surface area contributed by atoms with Crippen LogP contribution in [0.2, 0.25) is 5.28 Å². The van der Waals surface area contributed by atoms with Crippen molar-refractivity contribution in [1.29, 1.82) is 0 Å². The van der Waals surface area contributed by atoms with Crippen molar-refractivity contribution < 1.29 is 19.1 Å². The molecule has 0 radical (unpaired) electrons. The molecule has 0 fully saturated rings. The highest BCUT2D eigenvalue weighted by Gasteiger charge is 2.27. The van der Waals surface area contributed by atoms with E-state index in [-0.39, 0.29) is 11.1 Å². The first kappa shape index (κ1) is 22.5. The summed E-state index contributed by atoms with van der Waals surface area (Å²) in [6.45, 7) is 10.6. The van der Waals surface area contributed by atoms with Crippen LogP contribution in [0.4, 0.5) is 21.1 Å². The fraction of sp³-hybridized carbons (Fsp3) is 0.381. The first-order chi connectivity index (χ1) is 14.3. The summed E-state index contributed by atoms with van der Waals surface area (Å²) in [4.78, 5) is 34.7. The predicted molar refractivity (Wildman–Crippen MR) is 117 cm³/mol. The van der Waals surface area contributed by atoms with Crippen LogP contribution in [0.5, 0.6) is 0 Å². The van der Waals surface area contributed by atoms with Gasteiger partial charge in [-0.1, -0.05) is 0 Å². The molecule has 0 aliphatic rings. The Morgan fingerprint density at radius 3 is 2.32 bits per heavy atom. The molecule has 9 nitrogen and oxygen atoms in total. The maximum absolute atomic E-state index is 13.0. The Kier molecular flexibility index (Phi) is 5.91. The Labute approximate surface area is 184 Å². The first-order valence-corrected chi connectivity index (χ1v) is 9.95. The molecule has 10 heteroatoms. The van der Waals surface area contributed by atoms with E-state index in [0.717, 1.165) is 0 Å². The van der Waals surface area contributed by atoms with Gasteiger partial charge in [0.25, 0.3) is 0 Å². The van der Waals surface area contributed by atoms with E-state index in [9.17, 15) is 9.59 Å². The zero-order valence-corrected chi connectivity index (χ0v) is 19.0. The van der Waals surface area contributed by atoms with Crippen molar-refractivity contribution in [1.82, 2.24) is 19.7 Å². The minimum absolute atomic E-state index is 0.00937. The van der Waals surface area contributed by atoms with E-state index in [1.165, 1.54) is 22.0 Å². The van der Waals surface area contributed by atoms with Gasteiger partial charge in [-0.05, 0) is 71.3 Å². The fourth-order valence-corrected chi connectivity index (χ4v) is 2.84. The normalized spacial score (nSPS) is 12.0. The van der Waals surface area contributed by atoms with Gasteiger partial charge in [-0.2, -0.15) is 14.8 Å². The lowest BCUT2D eigenvalue weighted by molar-refractivity contribution is 0.0521. The second-order valence-electron chi connectivity index (χ2n) is 8.78. The molecular weight excluding hydrogens is 422 g/mol. The third-order valence-electron chi connectivity index (χ3n) is 3.79.